The number of hydrogen-bond donors (Lipinski definition) is 0. The molecule has 4 rings (SSSR count). The molecule has 134 valence electrons. The maximum atomic E-state index is 10.6. The molecule has 0 unspecified atom stereocenters. The van der Waals surface area contributed by atoms with Gasteiger partial charge in [0.2, 0.25) is 0 Å². The predicted molar refractivity (Wildman–Crippen MR) is 102 cm³/mol. The second kappa shape index (κ2) is 7.73. The number of aldehydes is 1. The molecule has 2 aliphatic carbocycles. The van der Waals surface area contributed by atoms with E-state index < -0.39 is 0 Å². The lowest BCUT2D eigenvalue weighted by atomic mass is 10.1. The quantitative estimate of drug-likeness (QED) is 0.626. The topological polar surface area (TPSA) is 66.6 Å². The first-order valence-corrected chi connectivity index (χ1v) is 9.43. The summed E-state index contributed by atoms with van der Waals surface area (Å²) in [6, 6.07) is 2.05. The molecule has 6 heteroatoms. The first-order valence-electron chi connectivity index (χ1n) is 8.67. The standard InChI is InChI=1S/C10H9ClN2.C10H10ClNO/c1-6-2-3-8-9(11)7(4-12)5-13-10(6)8;1-6-2-3-8-9(11)7(5-13)4-12-10(6)8/h5-6H,2-3H2,1H3;4-6H,2-3H2,1H3/t2*6-/m11/s1. The van der Waals surface area contributed by atoms with E-state index in [-0.39, 0.29) is 0 Å². The summed E-state index contributed by atoms with van der Waals surface area (Å²) < 4.78 is 0. The maximum Gasteiger partial charge on any atom is 0.153 e. The fourth-order valence-electron chi connectivity index (χ4n) is 3.58. The van der Waals surface area contributed by atoms with E-state index in [1.165, 1.54) is 0 Å². The van der Waals surface area contributed by atoms with Crippen molar-refractivity contribution >= 4 is 29.5 Å². The first-order chi connectivity index (χ1) is 12.5. The van der Waals surface area contributed by atoms with Gasteiger partial charge in [-0.15, -0.1) is 0 Å². The van der Waals surface area contributed by atoms with Crippen LogP contribution >= 0.6 is 23.2 Å². The summed E-state index contributed by atoms with van der Waals surface area (Å²) in [6.07, 6.45) is 7.99. The molecule has 0 amide bonds. The average molecular weight is 388 g/mol. The van der Waals surface area contributed by atoms with Gasteiger partial charge >= 0.3 is 0 Å². The second-order valence-corrected chi connectivity index (χ2v) is 7.61. The van der Waals surface area contributed by atoms with Gasteiger partial charge in [-0.1, -0.05) is 37.0 Å². The minimum atomic E-state index is 0.480. The van der Waals surface area contributed by atoms with E-state index in [1.54, 1.807) is 12.4 Å². The van der Waals surface area contributed by atoms with Crippen LogP contribution in [0.25, 0.3) is 0 Å². The van der Waals surface area contributed by atoms with E-state index >= 15 is 0 Å². The summed E-state index contributed by atoms with van der Waals surface area (Å²) in [5, 5.41) is 9.95. The van der Waals surface area contributed by atoms with Crippen LogP contribution < -0.4 is 0 Å². The van der Waals surface area contributed by atoms with Crippen molar-refractivity contribution in [1.29, 1.82) is 5.26 Å². The summed E-state index contributed by atoms with van der Waals surface area (Å²) in [6.45, 7) is 4.27. The number of carbonyl (C=O) groups excluding carboxylic acids is 1. The number of pyridine rings is 2. The first kappa shape index (κ1) is 18.8. The fraction of sp³-hybridized carbons (Fsp3) is 0.400. The van der Waals surface area contributed by atoms with Crippen molar-refractivity contribution in [3.8, 4) is 6.07 Å². The molecule has 2 heterocycles. The Hall–Kier alpha value is -1.96. The Kier molecular flexibility index (Phi) is 5.60. The number of carbonyl (C=O) groups is 1. The molecule has 2 aliphatic rings. The van der Waals surface area contributed by atoms with Gasteiger partial charge in [-0.2, -0.15) is 5.26 Å². The third-order valence-electron chi connectivity index (χ3n) is 5.15. The van der Waals surface area contributed by atoms with Gasteiger partial charge in [0.15, 0.2) is 6.29 Å². The number of rotatable bonds is 1. The van der Waals surface area contributed by atoms with Gasteiger partial charge in [0.1, 0.15) is 6.07 Å². The van der Waals surface area contributed by atoms with Gasteiger partial charge in [-0.3, -0.25) is 14.8 Å². The summed E-state index contributed by atoms with van der Waals surface area (Å²) in [7, 11) is 0. The van der Waals surface area contributed by atoms with Crippen molar-refractivity contribution < 1.29 is 4.79 Å². The molecule has 0 aromatic carbocycles. The molecule has 2 aromatic heterocycles. The van der Waals surface area contributed by atoms with Crippen LogP contribution in [0.3, 0.4) is 0 Å². The molecule has 0 radical (unpaired) electrons. The third kappa shape index (κ3) is 3.34. The number of nitriles is 1. The summed E-state index contributed by atoms with van der Waals surface area (Å²) in [5.74, 6) is 0.966. The van der Waals surface area contributed by atoms with Crippen LogP contribution in [0.4, 0.5) is 0 Å². The van der Waals surface area contributed by atoms with Crippen LogP contribution in [0.2, 0.25) is 10.0 Å². The molecular formula is C20H19Cl2N3O. The van der Waals surface area contributed by atoms with E-state index in [2.05, 4.69) is 23.8 Å². The van der Waals surface area contributed by atoms with E-state index in [9.17, 15) is 4.79 Å². The van der Waals surface area contributed by atoms with Gasteiger partial charge in [0.25, 0.3) is 0 Å². The highest BCUT2D eigenvalue weighted by molar-refractivity contribution is 6.33. The molecule has 2 atom stereocenters. The molecule has 26 heavy (non-hydrogen) atoms. The van der Waals surface area contributed by atoms with Gasteiger partial charge in [-0.25, -0.2) is 0 Å². The molecule has 0 N–H and O–H groups in total. The molecule has 0 spiro atoms. The van der Waals surface area contributed by atoms with Crippen molar-refractivity contribution in [2.24, 2.45) is 0 Å². The van der Waals surface area contributed by atoms with Crippen molar-refractivity contribution in [3.63, 3.8) is 0 Å². The van der Waals surface area contributed by atoms with Crippen LogP contribution in [-0.4, -0.2) is 16.3 Å². The molecule has 0 fully saturated rings. The van der Waals surface area contributed by atoms with Crippen molar-refractivity contribution in [2.45, 2.75) is 51.4 Å². The minimum Gasteiger partial charge on any atom is -0.298 e. The Bertz CT molecular complexity index is 905. The third-order valence-corrected chi connectivity index (χ3v) is 6.03. The van der Waals surface area contributed by atoms with Crippen LogP contribution in [0.5, 0.6) is 0 Å². The Balaban J connectivity index is 0.000000151. The predicted octanol–water partition coefficient (Wildman–Crippen LogP) is 5.25. The highest BCUT2D eigenvalue weighted by Crippen LogP contribution is 2.37. The number of nitrogens with zero attached hydrogens (tertiary/aromatic N) is 3. The molecule has 0 aliphatic heterocycles. The SMILES string of the molecule is C[C@@H]1CCc2c1ncc(C#N)c2Cl.C[C@@H]1CCc2c1ncc(C=O)c2Cl. The van der Waals surface area contributed by atoms with Crippen LogP contribution in [-0.2, 0) is 12.8 Å². The smallest absolute Gasteiger partial charge is 0.153 e. The Morgan fingerprint density at radius 3 is 2.12 bits per heavy atom. The minimum absolute atomic E-state index is 0.480. The lowest BCUT2D eigenvalue weighted by Gasteiger charge is -2.05. The van der Waals surface area contributed by atoms with Crippen molar-refractivity contribution in [2.75, 3.05) is 0 Å². The van der Waals surface area contributed by atoms with Crippen molar-refractivity contribution in [3.05, 3.63) is 56.1 Å². The fourth-order valence-corrected chi connectivity index (χ4v) is 4.15. The Labute approximate surface area is 163 Å². The molecule has 4 nitrogen and oxygen atoms in total. The monoisotopic (exact) mass is 387 g/mol. The van der Waals surface area contributed by atoms with Gasteiger partial charge in [0.05, 0.1) is 21.2 Å². The van der Waals surface area contributed by atoms with E-state index in [1.807, 2.05) is 6.07 Å². The molecule has 2 aromatic rings. The lowest BCUT2D eigenvalue weighted by Crippen LogP contribution is -1.95. The lowest BCUT2D eigenvalue weighted by molar-refractivity contribution is 0.112. The number of hydrogen-bond acceptors (Lipinski definition) is 4. The number of aromatic nitrogens is 2. The Morgan fingerprint density at radius 2 is 1.58 bits per heavy atom. The number of fused-ring (bicyclic) bond motifs is 2. The van der Waals surface area contributed by atoms with Gasteiger partial charge in [-0.05, 0) is 48.6 Å². The highest BCUT2D eigenvalue weighted by atomic mass is 35.5. The zero-order valence-corrected chi connectivity index (χ0v) is 16.2. The van der Waals surface area contributed by atoms with Gasteiger partial charge in [0, 0.05) is 23.8 Å². The highest BCUT2D eigenvalue weighted by Gasteiger charge is 2.24. The van der Waals surface area contributed by atoms with Gasteiger partial charge < -0.3 is 0 Å². The molecule has 0 saturated heterocycles. The van der Waals surface area contributed by atoms with E-state index in [4.69, 9.17) is 28.5 Å². The van der Waals surface area contributed by atoms with Crippen molar-refractivity contribution in [1.82, 2.24) is 9.97 Å². The number of halogens is 2. The molecule has 0 saturated carbocycles. The largest absolute Gasteiger partial charge is 0.298 e. The van der Waals surface area contributed by atoms with Crippen LogP contribution in [0, 0.1) is 11.3 Å². The summed E-state index contributed by atoms with van der Waals surface area (Å²) >= 11 is 12.1. The van der Waals surface area contributed by atoms with E-state index in [0.717, 1.165) is 54.5 Å². The normalized spacial score (nSPS) is 19.8. The summed E-state index contributed by atoms with van der Waals surface area (Å²) in [4.78, 5) is 19.1. The average Bonchev–Trinajstić information content (AvgIpc) is 3.21. The Morgan fingerprint density at radius 1 is 1.04 bits per heavy atom. The van der Waals surface area contributed by atoms with Crippen LogP contribution in [0.15, 0.2) is 12.4 Å². The second-order valence-electron chi connectivity index (χ2n) is 6.85. The summed E-state index contributed by atoms with van der Waals surface area (Å²) in [5.41, 5.74) is 5.29. The molecule has 0 bridgehead atoms. The van der Waals surface area contributed by atoms with Crippen LogP contribution in [0.1, 0.15) is 77.0 Å². The zero-order chi connectivity index (χ0) is 18.8. The zero-order valence-electron chi connectivity index (χ0n) is 14.7. The maximum absolute atomic E-state index is 10.6. The van der Waals surface area contributed by atoms with E-state index in [0.29, 0.717) is 33.0 Å². The molecular weight excluding hydrogens is 369 g/mol.